The minimum absolute atomic E-state index is 0.109. The van der Waals surface area contributed by atoms with Crippen LogP contribution in [0, 0.1) is 6.92 Å². The van der Waals surface area contributed by atoms with Crippen molar-refractivity contribution >= 4 is 23.2 Å². The predicted molar refractivity (Wildman–Crippen MR) is 116 cm³/mol. The van der Waals surface area contributed by atoms with Gasteiger partial charge in [-0.3, -0.25) is 9.59 Å². The summed E-state index contributed by atoms with van der Waals surface area (Å²) in [5.41, 5.74) is 1.94. The van der Waals surface area contributed by atoms with Gasteiger partial charge in [-0.05, 0) is 36.8 Å². The summed E-state index contributed by atoms with van der Waals surface area (Å²) in [6, 6.07) is 11.0. The van der Waals surface area contributed by atoms with Gasteiger partial charge in [-0.15, -0.1) is 11.3 Å². The van der Waals surface area contributed by atoms with Crippen LogP contribution in [0.25, 0.3) is 0 Å². The first kappa shape index (κ1) is 21.5. The van der Waals surface area contributed by atoms with Crippen LogP contribution in [0.1, 0.15) is 58.9 Å². The molecule has 1 heterocycles. The zero-order valence-electron chi connectivity index (χ0n) is 17.2. The highest BCUT2D eigenvalue weighted by molar-refractivity contribution is 7.12. The van der Waals surface area contributed by atoms with Crippen LogP contribution in [0.15, 0.2) is 41.8 Å². The lowest BCUT2D eigenvalue weighted by Crippen LogP contribution is -2.47. The van der Waals surface area contributed by atoms with Gasteiger partial charge in [0.2, 0.25) is 5.91 Å². The number of rotatable bonds is 8. The smallest absolute Gasteiger partial charge is 0.264 e. The Morgan fingerprint density at radius 2 is 1.90 bits per heavy atom. The Kier molecular flexibility index (Phi) is 7.83. The number of ether oxygens (including phenoxy) is 1. The van der Waals surface area contributed by atoms with Gasteiger partial charge in [0.1, 0.15) is 6.04 Å². The first-order valence-electron chi connectivity index (χ1n) is 10.3. The highest BCUT2D eigenvalue weighted by Gasteiger charge is 2.33. The molecule has 2 aromatic rings. The predicted octanol–water partition coefficient (Wildman–Crippen LogP) is 4.34. The van der Waals surface area contributed by atoms with Crippen LogP contribution in [-0.4, -0.2) is 43.0 Å². The van der Waals surface area contributed by atoms with Gasteiger partial charge in [0.05, 0.1) is 11.5 Å². The Balaban J connectivity index is 1.92. The van der Waals surface area contributed by atoms with Crippen LogP contribution >= 0.6 is 11.3 Å². The summed E-state index contributed by atoms with van der Waals surface area (Å²) < 4.78 is 5.25. The van der Waals surface area contributed by atoms with Crippen molar-refractivity contribution in [3.8, 4) is 0 Å². The summed E-state index contributed by atoms with van der Waals surface area (Å²) in [6.45, 7) is 2.74. The molecule has 6 heteroatoms. The molecular formula is C23H30N2O3S. The molecule has 2 amide bonds. The SMILES string of the molecule is COCCN(C(=O)c1cccs1)C(C(=O)NC1CCCCC1)c1ccc(C)cc1. The Morgan fingerprint density at radius 3 is 2.52 bits per heavy atom. The zero-order chi connectivity index (χ0) is 20.6. The van der Waals surface area contributed by atoms with E-state index in [0.29, 0.717) is 18.0 Å². The number of benzene rings is 1. The van der Waals surface area contributed by atoms with Crippen LogP contribution < -0.4 is 5.32 Å². The first-order chi connectivity index (χ1) is 14.1. The molecule has 1 unspecified atom stereocenters. The van der Waals surface area contributed by atoms with Crippen LogP contribution in [-0.2, 0) is 9.53 Å². The van der Waals surface area contributed by atoms with E-state index in [9.17, 15) is 9.59 Å². The first-order valence-corrected chi connectivity index (χ1v) is 11.2. The lowest BCUT2D eigenvalue weighted by molar-refractivity contribution is -0.127. The van der Waals surface area contributed by atoms with Crippen molar-refractivity contribution in [1.82, 2.24) is 10.2 Å². The minimum atomic E-state index is -0.678. The van der Waals surface area contributed by atoms with Gasteiger partial charge in [-0.1, -0.05) is 55.2 Å². The van der Waals surface area contributed by atoms with E-state index in [1.165, 1.54) is 17.8 Å². The Hall–Kier alpha value is -2.18. The molecule has 1 aliphatic rings. The second-order valence-electron chi connectivity index (χ2n) is 7.63. The molecule has 1 N–H and O–H groups in total. The number of aryl methyl sites for hydroxylation is 1. The molecule has 29 heavy (non-hydrogen) atoms. The number of hydrogen-bond acceptors (Lipinski definition) is 4. The summed E-state index contributed by atoms with van der Waals surface area (Å²) in [6.07, 6.45) is 5.51. The molecule has 1 aliphatic carbocycles. The van der Waals surface area contributed by atoms with Gasteiger partial charge in [-0.2, -0.15) is 0 Å². The third kappa shape index (κ3) is 5.67. The summed E-state index contributed by atoms with van der Waals surface area (Å²) in [5, 5.41) is 5.10. The quantitative estimate of drug-likeness (QED) is 0.699. The van der Waals surface area contributed by atoms with Crippen molar-refractivity contribution in [2.45, 2.75) is 51.1 Å². The van der Waals surface area contributed by atoms with E-state index in [-0.39, 0.29) is 17.9 Å². The molecule has 1 saturated carbocycles. The standard InChI is InChI=1S/C23H30N2O3S/c1-17-10-12-18(13-11-17)21(22(26)24-19-7-4-3-5-8-19)25(14-15-28-2)23(27)20-9-6-16-29-20/h6,9-13,16,19,21H,3-5,7-8,14-15H2,1-2H3,(H,24,26). The maximum absolute atomic E-state index is 13.4. The van der Waals surface area contributed by atoms with E-state index in [2.05, 4.69) is 5.32 Å². The van der Waals surface area contributed by atoms with Crippen molar-refractivity contribution in [3.63, 3.8) is 0 Å². The fourth-order valence-electron chi connectivity index (χ4n) is 3.83. The van der Waals surface area contributed by atoms with E-state index < -0.39 is 6.04 Å². The van der Waals surface area contributed by atoms with E-state index in [0.717, 1.165) is 36.8 Å². The van der Waals surface area contributed by atoms with Gasteiger partial charge in [0, 0.05) is 19.7 Å². The fraction of sp³-hybridized carbons (Fsp3) is 0.478. The summed E-state index contributed by atoms with van der Waals surface area (Å²) in [4.78, 5) is 29.0. The topological polar surface area (TPSA) is 58.6 Å². The van der Waals surface area contributed by atoms with Gasteiger partial charge in [0.15, 0.2) is 0 Å². The molecule has 3 rings (SSSR count). The third-order valence-electron chi connectivity index (χ3n) is 5.43. The normalized spacial score (nSPS) is 15.7. The van der Waals surface area contributed by atoms with Crippen LogP contribution in [0.3, 0.4) is 0 Å². The molecule has 0 spiro atoms. The molecule has 1 atom stereocenters. The van der Waals surface area contributed by atoms with Gasteiger partial charge < -0.3 is 15.0 Å². The number of hydrogen-bond donors (Lipinski definition) is 1. The molecule has 0 aliphatic heterocycles. The van der Waals surface area contributed by atoms with Crippen molar-refractivity contribution in [2.24, 2.45) is 0 Å². The van der Waals surface area contributed by atoms with Gasteiger partial charge in [0.25, 0.3) is 5.91 Å². The van der Waals surface area contributed by atoms with Crippen molar-refractivity contribution < 1.29 is 14.3 Å². The van der Waals surface area contributed by atoms with Crippen LogP contribution in [0.5, 0.6) is 0 Å². The molecular weight excluding hydrogens is 384 g/mol. The lowest BCUT2D eigenvalue weighted by atomic mass is 9.94. The average Bonchev–Trinajstić information content (AvgIpc) is 3.27. The average molecular weight is 415 g/mol. The monoisotopic (exact) mass is 414 g/mol. The van der Waals surface area contributed by atoms with E-state index in [1.807, 2.05) is 42.6 Å². The molecule has 1 aromatic heterocycles. The number of nitrogens with one attached hydrogen (secondary N) is 1. The number of carbonyl (C=O) groups excluding carboxylic acids is 2. The summed E-state index contributed by atoms with van der Waals surface area (Å²) in [7, 11) is 1.61. The molecule has 156 valence electrons. The second kappa shape index (κ2) is 10.6. The fourth-order valence-corrected chi connectivity index (χ4v) is 4.51. The molecule has 1 fully saturated rings. The molecule has 1 aromatic carbocycles. The number of carbonyl (C=O) groups is 2. The van der Waals surface area contributed by atoms with Crippen LogP contribution in [0.2, 0.25) is 0 Å². The molecule has 0 saturated heterocycles. The number of amides is 2. The zero-order valence-corrected chi connectivity index (χ0v) is 18.0. The highest BCUT2D eigenvalue weighted by Crippen LogP contribution is 2.26. The lowest BCUT2D eigenvalue weighted by Gasteiger charge is -2.33. The summed E-state index contributed by atoms with van der Waals surface area (Å²) in [5.74, 6) is -0.247. The summed E-state index contributed by atoms with van der Waals surface area (Å²) >= 11 is 1.39. The Labute approximate surface area is 177 Å². The molecule has 0 bridgehead atoms. The number of nitrogens with zero attached hydrogens (tertiary/aromatic N) is 1. The number of methoxy groups -OCH3 is 1. The van der Waals surface area contributed by atoms with Crippen molar-refractivity contribution in [1.29, 1.82) is 0 Å². The number of thiophene rings is 1. The third-order valence-corrected chi connectivity index (χ3v) is 6.29. The molecule has 0 radical (unpaired) electrons. The maximum atomic E-state index is 13.4. The van der Waals surface area contributed by atoms with Crippen molar-refractivity contribution in [3.05, 3.63) is 57.8 Å². The van der Waals surface area contributed by atoms with E-state index in [1.54, 1.807) is 18.1 Å². The largest absolute Gasteiger partial charge is 0.383 e. The molecule has 5 nitrogen and oxygen atoms in total. The Bertz CT molecular complexity index is 783. The maximum Gasteiger partial charge on any atom is 0.264 e. The highest BCUT2D eigenvalue weighted by atomic mass is 32.1. The minimum Gasteiger partial charge on any atom is -0.383 e. The van der Waals surface area contributed by atoms with Crippen molar-refractivity contribution in [2.75, 3.05) is 20.3 Å². The van der Waals surface area contributed by atoms with E-state index >= 15 is 0 Å². The van der Waals surface area contributed by atoms with Gasteiger partial charge >= 0.3 is 0 Å². The van der Waals surface area contributed by atoms with Crippen LogP contribution in [0.4, 0.5) is 0 Å². The van der Waals surface area contributed by atoms with E-state index in [4.69, 9.17) is 4.74 Å². The second-order valence-corrected chi connectivity index (χ2v) is 8.57. The Morgan fingerprint density at radius 1 is 1.17 bits per heavy atom. The van der Waals surface area contributed by atoms with Gasteiger partial charge in [-0.25, -0.2) is 0 Å².